The van der Waals surface area contributed by atoms with Gasteiger partial charge in [-0.2, -0.15) is 0 Å². The molecular weight excluding hydrogens is 400 g/mol. The standard InChI is InChI=1S/C22H28N4O3S/c1-14-7-9-17-18(11-14)30-22(24-17)25-21(29)15-8-10-20(28)26(12-15)13-19(27)23-16-5-3-2-4-6-16/h8,10,12,14,16H,2-7,9,11,13H2,1H3,(H,23,27)(H,24,25,29)/t14-/m1/s1. The van der Waals surface area contributed by atoms with Crippen LogP contribution in [0.25, 0.3) is 0 Å². The van der Waals surface area contributed by atoms with Crippen LogP contribution >= 0.6 is 11.3 Å². The lowest BCUT2D eigenvalue weighted by molar-refractivity contribution is -0.122. The van der Waals surface area contributed by atoms with Crippen LogP contribution in [0.3, 0.4) is 0 Å². The van der Waals surface area contributed by atoms with E-state index < -0.39 is 0 Å². The molecule has 0 aliphatic heterocycles. The predicted octanol–water partition coefficient (Wildman–Crippen LogP) is 3.13. The third-order valence-electron chi connectivity index (χ3n) is 5.94. The lowest BCUT2D eigenvalue weighted by Crippen LogP contribution is -2.39. The first kappa shape index (κ1) is 20.8. The average molecular weight is 429 g/mol. The maximum atomic E-state index is 12.7. The highest BCUT2D eigenvalue weighted by atomic mass is 32.1. The molecule has 30 heavy (non-hydrogen) atoms. The number of nitrogens with one attached hydrogen (secondary N) is 2. The fourth-order valence-electron chi connectivity index (χ4n) is 4.23. The van der Waals surface area contributed by atoms with Gasteiger partial charge in [-0.1, -0.05) is 26.2 Å². The van der Waals surface area contributed by atoms with Crippen molar-refractivity contribution in [3.63, 3.8) is 0 Å². The van der Waals surface area contributed by atoms with Crippen LogP contribution in [0.2, 0.25) is 0 Å². The maximum absolute atomic E-state index is 12.7. The van der Waals surface area contributed by atoms with E-state index in [2.05, 4.69) is 22.5 Å². The van der Waals surface area contributed by atoms with Gasteiger partial charge in [-0.3, -0.25) is 19.7 Å². The van der Waals surface area contributed by atoms with Crippen LogP contribution in [0, 0.1) is 5.92 Å². The zero-order valence-corrected chi connectivity index (χ0v) is 18.1. The second-order valence-electron chi connectivity index (χ2n) is 8.48. The van der Waals surface area contributed by atoms with Crippen molar-refractivity contribution < 1.29 is 9.59 Å². The molecule has 2 aliphatic carbocycles. The van der Waals surface area contributed by atoms with Crippen molar-refractivity contribution in [2.24, 2.45) is 5.92 Å². The first-order valence-corrected chi connectivity index (χ1v) is 11.6. The van der Waals surface area contributed by atoms with Crippen LogP contribution < -0.4 is 16.2 Å². The van der Waals surface area contributed by atoms with Crippen molar-refractivity contribution in [1.82, 2.24) is 14.9 Å². The summed E-state index contributed by atoms with van der Waals surface area (Å²) < 4.78 is 1.29. The molecule has 4 rings (SSSR count). The van der Waals surface area contributed by atoms with E-state index >= 15 is 0 Å². The molecule has 0 aromatic carbocycles. The number of hydrogen-bond donors (Lipinski definition) is 2. The number of amides is 2. The van der Waals surface area contributed by atoms with Crippen LogP contribution in [0.1, 0.15) is 66.4 Å². The van der Waals surface area contributed by atoms with Crippen LogP contribution in [0.4, 0.5) is 5.13 Å². The van der Waals surface area contributed by atoms with Crippen molar-refractivity contribution in [2.75, 3.05) is 5.32 Å². The molecule has 2 aromatic heterocycles. The van der Waals surface area contributed by atoms with Crippen LogP contribution in [-0.2, 0) is 24.2 Å². The van der Waals surface area contributed by atoms with Gasteiger partial charge in [0.2, 0.25) is 5.91 Å². The van der Waals surface area contributed by atoms with Gasteiger partial charge in [-0.05, 0) is 44.1 Å². The molecule has 1 atom stereocenters. The normalized spacial score (nSPS) is 19.2. The maximum Gasteiger partial charge on any atom is 0.258 e. The Kier molecular flexibility index (Phi) is 6.32. The quantitative estimate of drug-likeness (QED) is 0.765. The molecular formula is C22H28N4O3S. The summed E-state index contributed by atoms with van der Waals surface area (Å²) in [6.07, 6.45) is 9.96. The Bertz CT molecular complexity index is 991. The molecule has 8 heteroatoms. The number of carbonyl (C=O) groups excluding carboxylic acids is 2. The van der Waals surface area contributed by atoms with E-state index in [1.54, 1.807) is 0 Å². The van der Waals surface area contributed by atoms with E-state index in [-0.39, 0.29) is 30.0 Å². The summed E-state index contributed by atoms with van der Waals surface area (Å²) in [7, 11) is 0. The number of pyridine rings is 1. The minimum absolute atomic E-state index is 0.0834. The van der Waals surface area contributed by atoms with Gasteiger partial charge in [0.15, 0.2) is 5.13 Å². The second kappa shape index (κ2) is 9.12. The van der Waals surface area contributed by atoms with Gasteiger partial charge in [0.05, 0.1) is 11.3 Å². The van der Waals surface area contributed by atoms with Gasteiger partial charge in [-0.25, -0.2) is 4.98 Å². The molecule has 0 unspecified atom stereocenters. The Morgan fingerprint density at radius 1 is 1.20 bits per heavy atom. The summed E-state index contributed by atoms with van der Waals surface area (Å²) in [5, 5.41) is 6.45. The van der Waals surface area contributed by atoms with Crippen molar-refractivity contribution in [3.8, 4) is 0 Å². The van der Waals surface area contributed by atoms with E-state index in [0.717, 1.165) is 50.6 Å². The van der Waals surface area contributed by atoms with Gasteiger partial charge in [0.1, 0.15) is 6.54 Å². The summed E-state index contributed by atoms with van der Waals surface area (Å²) >= 11 is 1.52. The molecule has 0 radical (unpaired) electrons. The lowest BCUT2D eigenvalue weighted by Gasteiger charge is -2.22. The highest BCUT2D eigenvalue weighted by Crippen LogP contribution is 2.32. The number of rotatable bonds is 5. The number of aromatic nitrogens is 2. The number of aryl methyl sites for hydroxylation is 1. The highest BCUT2D eigenvalue weighted by Gasteiger charge is 2.21. The summed E-state index contributed by atoms with van der Waals surface area (Å²) in [5.74, 6) is 0.128. The Hall–Kier alpha value is -2.48. The van der Waals surface area contributed by atoms with E-state index in [9.17, 15) is 14.4 Å². The number of thiazole rings is 1. The fourth-order valence-corrected chi connectivity index (χ4v) is 5.39. The summed E-state index contributed by atoms with van der Waals surface area (Å²) in [5.41, 5.74) is 1.11. The van der Waals surface area contributed by atoms with Crippen LogP contribution in [0.5, 0.6) is 0 Å². The summed E-state index contributed by atoms with van der Waals surface area (Å²) in [6, 6.07) is 3.01. The van der Waals surface area contributed by atoms with E-state index in [0.29, 0.717) is 16.6 Å². The number of hydrogen-bond acceptors (Lipinski definition) is 5. The minimum atomic E-state index is -0.324. The Labute approximate surface area is 179 Å². The first-order valence-electron chi connectivity index (χ1n) is 10.8. The molecule has 1 saturated carbocycles. The Morgan fingerprint density at radius 3 is 2.80 bits per heavy atom. The van der Waals surface area contributed by atoms with E-state index in [1.165, 1.54) is 45.5 Å². The van der Waals surface area contributed by atoms with Crippen molar-refractivity contribution in [3.05, 3.63) is 44.8 Å². The van der Waals surface area contributed by atoms with Crippen LogP contribution in [0.15, 0.2) is 23.1 Å². The molecule has 2 aromatic rings. The molecule has 0 saturated heterocycles. The zero-order chi connectivity index (χ0) is 21.1. The molecule has 2 aliphatic rings. The van der Waals surface area contributed by atoms with Gasteiger partial charge in [-0.15, -0.1) is 11.3 Å². The number of anilines is 1. The first-order chi connectivity index (χ1) is 14.5. The molecule has 2 N–H and O–H groups in total. The van der Waals surface area contributed by atoms with Crippen molar-refractivity contribution >= 4 is 28.3 Å². The predicted molar refractivity (Wildman–Crippen MR) is 117 cm³/mol. The lowest BCUT2D eigenvalue weighted by atomic mass is 9.93. The molecule has 2 amide bonds. The number of nitrogens with zero attached hydrogens (tertiary/aromatic N) is 2. The van der Waals surface area contributed by atoms with Gasteiger partial charge in [0.25, 0.3) is 11.5 Å². The zero-order valence-electron chi connectivity index (χ0n) is 17.3. The fraction of sp³-hybridized carbons (Fsp3) is 0.545. The number of fused-ring (bicyclic) bond motifs is 1. The van der Waals surface area contributed by atoms with Crippen molar-refractivity contribution in [2.45, 2.75) is 70.9 Å². The molecule has 160 valence electrons. The van der Waals surface area contributed by atoms with E-state index in [4.69, 9.17) is 0 Å². The third-order valence-corrected chi connectivity index (χ3v) is 6.97. The van der Waals surface area contributed by atoms with Gasteiger partial charge in [0, 0.05) is 23.2 Å². The van der Waals surface area contributed by atoms with Gasteiger partial charge < -0.3 is 9.88 Å². The number of carbonyl (C=O) groups is 2. The van der Waals surface area contributed by atoms with Crippen LogP contribution in [-0.4, -0.2) is 27.4 Å². The molecule has 0 spiro atoms. The van der Waals surface area contributed by atoms with Crippen molar-refractivity contribution in [1.29, 1.82) is 0 Å². The topological polar surface area (TPSA) is 93.1 Å². The monoisotopic (exact) mass is 428 g/mol. The summed E-state index contributed by atoms with van der Waals surface area (Å²) in [4.78, 5) is 43.0. The molecule has 2 heterocycles. The molecule has 7 nitrogen and oxygen atoms in total. The Balaban J connectivity index is 1.41. The molecule has 0 bridgehead atoms. The highest BCUT2D eigenvalue weighted by molar-refractivity contribution is 7.15. The third kappa shape index (κ3) is 4.98. The SMILES string of the molecule is C[C@@H]1CCc2nc(NC(=O)c3ccc(=O)n(CC(=O)NC4CCCCC4)c3)sc2C1. The smallest absolute Gasteiger partial charge is 0.258 e. The summed E-state index contributed by atoms with van der Waals surface area (Å²) in [6.45, 7) is 2.15. The molecule has 1 fully saturated rings. The minimum Gasteiger partial charge on any atom is -0.352 e. The van der Waals surface area contributed by atoms with E-state index in [1.807, 2.05) is 0 Å². The Morgan fingerprint density at radius 2 is 2.00 bits per heavy atom. The average Bonchev–Trinajstić information content (AvgIpc) is 3.11. The second-order valence-corrected chi connectivity index (χ2v) is 9.56. The largest absolute Gasteiger partial charge is 0.352 e. The van der Waals surface area contributed by atoms with Gasteiger partial charge >= 0.3 is 0 Å².